The molecule has 0 aliphatic heterocycles. The molecule has 0 saturated heterocycles. The summed E-state index contributed by atoms with van der Waals surface area (Å²) in [5.74, 6) is 0. The lowest BCUT2D eigenvalue weighted by atomic mass is 9.86. The van der Waals surface area contributed by atoms with Crippen molar-refractivity contribution in [2.75, 3.05) is 20.1 Å². The Morgan fingerprint density at radius 3 is 2.42 bits per heavy atom. The van der Waals surface area contributed by atoms with Crippen molar-refractivity contribution in [3.05, 3.63) is 0 Å². The van der Waals surface area contributed by atoms with Crippen molar-refractivity contribution in [1.82, 2.24) is 4.90 Å². The van der Waals surface area contributed by atoms with Crippen LogP contribution >= 0.6 is 0 Å². The maximum Gasteiger partial charge on any atom is 0.120 e. The Morgan fingerprint density at radius 2 is 2.00 bits per heavy atom. The molecule has 0 radical (unpaired) electrons. The molecule has 0 aromatic rings. The summed E-state index contributed by atoms with van der Waals surface area (Å²) in [7, 11) is 2.11. The number of rotatable bonds is 6. The van der Waals surface area contributed by atoms with Gasteiger partial charge >= 0.3 is 0 Å². The first kappa shape index (κ1) is 11.6. The molecule has 0 aromatic heterocycles. The highest BCUT2D eigenvalue weighted by atomic mass is 16.1. The summed E-state index contributed by atoms with van der Waals surface area (Å²) in [6, 6.07) is 0. The van der Waals surface area contributed by atoms with Crippen LogP contribution in [-0.2, 0) is 4.79 Å². The SMILES string of the molecule is CCN(C)CCC(C)(C)CC=O. The van der Waals surface area contributed by atoms with Gasteiger partial charge in [0.2, 0.25) is 0 Å². The molecule has 0 heterocycles. The van der Waals surface area contributed by atoms with Gasteiger partial charge in [0, 0.05) is 6.42 Å². The Labute approximate surface area is 75.9 Å². The van der Waals surface area contributed by atoms with Gasteiger partial charge in [-0.3, -0.25) is 0 Å². The van der Waals surface area contributed by atoms with E-state index in [1.54, 1.807) is 0 Å². The van der Waals surface area contributed by atoms with E-state index in [-0.39, 0.29) is 5.41 Å². The molecule has 2 heteroatoms. The molecule has 0 aromatic carbocycles. The van der Waals surface area contributed by atoms with Gasteiger partial charge in [0.25, 0.3) is 0 Å². The molecule has 0 atom stereocenters. The highest BCUT2D eigenvalue weighted by Crippen LogP contribution is 2.23. The smallest absolute Gasteiger partial charge is 0.120 e. The van der Waals surface area contributed by atoms with Gasteiger partial charge in [-0.1, -0.05) is 20.8 Å². The molecular formula is C10H21NO. The van der Waals surface area contributed by atoms with Gasteiger partial charge in [-0.2, -0.15) is 0 Å². The molecule has 0 aliphatic rings. The van der Waals surface area contributed by atoms with Crippen molar-refractivity contribution in [1.29, 1.82) is 0 Å². The van der Waals surface area contributed by atoms with E-state index < -0.39 is 0 Å². The monoisotopic (exact) mass is 171 g/mol. The molecule has 0 fully saturated rings. The lowest BCUT2D eigenvalue weighted by Crippen LogP contribution is -2.24. The van der Waals surface area contributed by atoms with Crippen molar-refractivity contribution < 1.29 is 4.79 Å². The number of hydrogen-bond acceptors (Lipinski definition) is 2. The van der Waals surface area contributed by atoms with E-state index in [0.717, 1.165) is 25.8 Å². The molecule has 0 unspecified atom stereocenters. The molecule has 0 bridgehead atoms. The van der Waals surface area contributed by atoms with Crippen molar-refractivity contribution >= 4 is 6.29 Å². The summed E-state index contributed by atoms with van der Waals surface area (Å²) in [6.07, 6.45) is 2.78. The van der Waals surface area contributed by atoms with E-state index in [0.29, 0.717) is 6.42 Å². The predicted molar refractivity (Wildman–Crippen MR) is 52.3 cm³/mol. The van der Waals surface area contributed by atoms with Gasteiger partial charge in [-0.05, 0) is 32.0 Å². The van der Waals surface area contributed by atoms with E-state index in [9.17, 15) is 4.79 Å². The van der Waals surface area contributed by atoms with Crippen LogP contribution in [0.3, 0.4) is 0 Å². The van der Waals surface area contributed by atoms with Gasteiger partial charge in [-0.25, -0.2) is 0 Å². The van der Waals surface area contributed by atoms with E-state index in [1.807, 2.05) is 0 Å². The second-order valence-electron chi connectivity index (χ2n) is 4.18. The molecule has 0 amide bonds. The third kappa shape index (κ3) is 5.30. The topological polar surface area (TPSA) is 20.3 Å². The molecule has 72 valence electrons. The Bertz CT molecular complexity index is 132. The second-order valence-corrected chi connectivity index (χ2v) is 4.18. The van der Waals surface area contributed by atoms with Crippen LogP contribution in [-0.4, -0.2) is 31.3 Å². The highest BCUT2D eigenvalue weighted by Gasteiger charge is 2.16. The number of hydrogen-bond donors (Lipinski definition) is 0. The van der Waals surface area contributed by atoms with Gasteiger partial charge in [-0.15, -0.1) is 0 Å². The highest BCUT2D eigenvalue weighted by molar-refractivity contribution is 5.50. The van der Waals surface area contributed by atoms with Crippen LogP contribution in [0, 0.1) is 5.41 Å². The van der Waals surface area contributed by atoms with E-state index in [1.165, 1.54) is 0 Å². The third-order valence-electron chi connectivity index (χ3n) is 2.35. The van der Waals surface area contributed by atoms with Crippen LogP contribution in [0.5, 0.6) is 0 Å². The number of aldehydes is 1. The van der Waals surface area contributed by atoms with Crippen molar-refractivity contribution in [3.63, 3.8) is 0 Å². The second kappa shape index (κ2) is 5.31. The summed E-state index contributed by atoms with van der Waals surface area (Å²) >= 11 is 0. The summed E-state index contributed by atoms with van der Waals surface area (Å²) < 4.78 is 0. The Hall–Kier alpha value is -0.370. The molecule has 0 spiro atoms. The zero-order valence-electron chi connectivity index (χ0n) is 8.76. The first-order valence-corrected chi connectivity index (χ1v) is 4.64. The summed E-state index contributed by atoms with van der Waals surface area (Å²) in [4.78, 5) is 12.6. The van der Waals surface area contributed by atoms with Crippen LogP contribution < -0.4 is 0 Å². The molecular weight excluding hydrogens is 150 g/mol. The molecule has 0 aliphatic carbocycles. The number of nitrogens with zero attached hydrogens (tertiary/aromatic N) is 1. The summed E-state index contributed by atoms with van der Waals surface area (Å²) in [5.41, 5.74) is 0.172. The van der Waals surface area contributed by atoms with Gasteiger partial charge in [0.05, 0.1) is 0 Å². The van der Waals surface area contributed by atoms with Gasteiger partial charge in [0.15, 0.2) is 0 Å². The van der Waals surface area contributed by atoms with Crippen molar-refractivity contribution in [2.24, 2.45) is 5.41 Å². The zero-order chi connectivity index (χ0) is 9.61. The Kier molecular flexibility index (Phi) is 5.14. The quantitative estimate of drug-likeness (QED) is 0.569. The minimum Gasteiger partial charge on any atom is -0.307 e. The average Bonchev–Trinajstić information content (AvgIpc) is 2.00. The molecule has 0 saturated carbocycles. The lowest BCUT2D eigenvalue weighted by molar-refractivity contribution is -0.109. The average molecular weight is 171 g/mol. The fourth-order valence-corrected chi connectivity index (χ4v) is 0.979. The standard InChI is InChI=1S/C10H21NO/c1-5-11(4)8-6-10(2,3)7-9-12/h9H,5-8H2,1-4H3. The van der Waals surface area contributed by atoms with Crippen LogP contribution in [0.4, 0.5) is 0 Å². The molecule has 12 heavy (non-hydrogen) atoms. The Morgan fingerprint density at radius 1 is 1.42 bits per heavy atom. The molecule has 0 rings (SSSR count). The lowest BCUT2D eigenvalue weighted by Gasteiger charge is -2.24. The number of carbonyl (C=O) groups excluding carboxylic acids is 1. The predicted octanol–water partition coefficient (Wildman–Crippen LogP) is 1.94. The minimum absolute atomic E-state index is 0.172. The minimum atomic E-state index is 0.172. The summed E-state index contributed by atoms with van der Waals surface area (Å²) in [5, 5.41) is 0. The van der Waals surface area contributed by atoms with E-state index in [4.69, 9.17) is 0 Å². The fraction of sp³-hybridized carbons (Fsp3) is 0.900. The summed E-state index contributed by atoms with van der Waals surface area (Å²) in [6.45, 7) is 8.59. The normalized spacial score (nSPS) is 12.1. The van der Waals surface area contributed by atoms with Crippen LogP contribution in [0.2, 0.25) is 0 Å². The van der Waals surface area contributed by atoms with Gasteiger partial charge < -0.3 is 9.69 Å². The fourth-order valence-electron chi connectivity index (χ4n) is 0.979. The van der Waals surface area contributed by atoms with Crippen LogP contribution in [0.25, 0.3) is 0 Å². The van der Waals surface area contributed by atoms with Crippen molar-refractivity contribution in [3.8, 4) is 0 Å². The maximum atomic E-state index is 10.3. The molecule has 0 N–H and O–H groups in total. The van der Waals surface area contributed by atoms with Gasteiger partial charge in [0.1, 0.15) is 6.29 Å². The van der Waals surface area contributed by atoms with Crippen LogP contribution in [0.1, 0.15) is 33.6 Å². The van der Waals surface area contributed by atoms with E-state index >= 15 is 0 Å². The molecule has 2 nitrogen and oxygen atoms in total. The Balaban J connectivity index is 3.66. The largest absolute Gasteiger partial charge is 0.307 e. The van der Waals surface area contributed by atoms with Crippen LogP contribution in [0.15, 0.2) is 0 Å². The first-order valence-electron chi connectivity index (χ1n) is 4.64. The third-order valence-corrected chi connectivity index (χ3v) is 2.35. The first-order chi connectivity index (χ1) is 5.52. The van der Waals surface area contributed by atoms with Crippen molar-refractivity contribution in [2.45, 2.75) is 33.6 Å². The maximum absolute atomic E-state index is 10.3. The zero-order valence-corrected chi connectivity index (χ0v) is 8.76. The van der Waals surface area contributed by atoms with E-state index in [2.05, 4.69) is 32.7 Å². The number of carbonyl (C=O) groups is 1.